The third-order valence-corrected chi connectivity index (χ3v) is 2.92. The van der Waals surface area contributed by atoms with Crippen molar-refractivity contribution >= 4 is 11.4 Å². The average molecular weight is 296 g/mol. The maximum atomic E-state index is 11.1. The van der Waals surface area contributed by atoms with Crippen LogP contribution >= 0.6 is 0 Å². The van der Waals surface area contributed by atoms with Crippen LogP contribution < -0.4 is 5.32 Å². The Kier molecular flexibility index (Phi) is 7.71. The summed E-state index contributed by atoms with van der Waals surface area (Å²) in [5.41, 5.74) is 1.42. The van der Waals surface area contributed by atoms with E-state index in [1.807, 2.05) is 26.8 Å². The summed E-state index contributed by atoms with van der Waals surface area (Å²) < 4.78 is 10.9. The van der Waals surface area contributed by atoms with E-state index in [9.17, 15) is 10.1 Å². The highest BCUT2D eigenvalue weighted by molar-refractivity contribution is 5.62. The maximum absolute atomic E-state index is 11.1. The lowest BCUT2D eigenvalue weighted by Crippen LogP contribution is -2.15. The summed E-state index contributed by atoms with van der Waals surface area (Å²) in [6, 6.07) is 5.14. The summed E-state index contributed by atoms with van der Waals surface area (Å²) >= 11 is 0. The fourth-order valence-corrected chi connectivity index (χ4v) is 1.80. The van der Waals surface area contributed by atoms with E-state index in [2.05, 4.69) is 5.32 Å². The smallest absolute Gasteiger partial charge is 0.292 e. The van der Waals surface area contributed by atoms with E-state index in [0.29, 0.717) is 32.1 Å². The van der Waals surface area contributed by atoms with Gasteiger partial charge in [-0.1, -0.05) is 13.0 Å². The van der Waals surface area contributed by atoms with Gasteiger partial charge in [0.05, 0.1) is 24.2 Å². The summed E-state index contributed by atoms with van der Waals surface area (Å²) in [7, 11) is 0. The van der Waals surface area contributed by atoms with Crippen LogP contribution in [0.3, 0.4) is 0 Å². The highest BCUT2D eigenvalue weighted by atomic mass is 16.6. The number of nitro benzene ring substituents is 1. The topological polar surface area (TPSA) is 73.6 Å². The van der Waals surface area contributed by atoms with Crippen LogP contribution in [0.25, 0.3) is 0 Å². The van der Waals surface area contributed by atoms with Crippen LogP contribution in [0.2, 0.25) is 0 Å². The number of nitrogens with zero attached hydrogens (tertiary/aromatic N) is 1. The number of rotatable bonds is 10. The number of hydrogen-bond donors (Lipinski definition) is 1. The van der Waals surface area contributed by atoms with Crippen LogP contribution in [0.5, 0.6) is 0 Å². The van der Waals surface area contributed by atoms with Gasteiger partial charge in [0.2, 0.25) is 0 Å². The second-order valence-electron chi connectivity index (χ2n) is 4.82. The van der Waals surface area contributed by atoms with Crippen molar-refractivity contribution in [3.05, 3.63) is 33.9 Å². The summed E-state index contributed by atoms with van der Waals surface area (Å²) in [5, 5.41) is 14.2. The molecule has 0 aliphatic rings. The zero-order chi connectivity index (χ0) is 15.7. The molecule has 1 aromatic rings. The minimum atomic E-state index is -0.370. The number of nitro groups is 1. The van der Waals surface area contributed by atoms with Gasteiger partial charge in [0.25, 0.3) is 5.69 Å². The fourth-order valence-electron chi connectivity index (χ4n) is 1.80. The molecule has 118 valence electrons. The molecular weight excluding hydrogens is 272 g/mol. The molecule has 0 aliphatic carbocycles. The zero-order valence-corrected chi connectivity index (χ0v) is 12.9. The average Bonchev–Trinajstić information content (AvgIpc) is 2.48. The number of nitrogens with one attached hydrogen (secondary N) is 1. The Morgan fingerprint density at radius 1 is 1.38 bits per heavy atom. The van der Waals surface area contributed by atoms with Crippen molar-refractivity contribution in [2.75, 3.05) is 25.1 Å². The third-order valence-electron chi connectivity index (χ3n) is 2.92. The van der Waals surface area contributed by atoms with Crippen LogP contribution in [0, 0.1) is 10.1 Å². The van der Waals surface area contributed by atoms with Gasteiger partial charge < -0.3 is 14.8 Å². The van der Waals surface area contributed by atoms with Gasteiger partial charge in [-0.15, -0.1) is 0 Å². The first-order valence-electron chi connectivity index (χ1n) is 7.29. The summed E-state index contributed by atoms with van der Waals surface area (Å²) in [6.07, 6.45) is 0.874. The van der Waals surface area contributed by atoms with Gasteiger partial charge in [-0.25, -0.2) is 0 Å². The van der Waals surface area contributed by atoms with Crippen molar-refractivity contribution in [2.45, 2.75) is 39.9 Å². The molecule has 6 nitrogen and oxygen atoms in total. The highest BCUT2D eigenvalue weighted by Gasteiger charge is 2.14. The Balaban J connectivity index is 2.67. The Bertz CT molecular complexity index is 451. The lowest BCUT2D eigenvalue weighted by molar-refractivity contribution is -0.384. The second kappa shape index (κ2) is 9.31. The molecular formula is C15H24N2O4. The molecule has 1 unspecified atom stereocenters. The van der Waals surface area contributed by atoms with E-state index in [1.165, 1.54) is 0 Å². The number of anilines is 1. The lowest BCUT2D eigenvalue weighted by Gasteiger charge is -2.13. The van der Waals surface area contributed by atoms with Gasteiger partial charge in [-0.2, -0.15) is 0 Å². The first-order valence-corrected chi connectivity index (χ1v) is 7.29. The summed E-state index contributed by atoms with van der Waals surface area (Å²) in [4.78, 5) is 10.8. The van der Waals surface area contributed by atoms with E-state index in [-0.39, 0.29) is 16.7 Å². The Labute approximate surface area is 125 Å². The SMILES string of the molecule is CCCNc1ccc(COC(C)COCC)cc1[N+](=O)[O-]. The maximum Gasteiger partial charge on any atom is 0.292 e. The van der Waals surface area contributed by atoms with Crippen LogP contribution in [-0.2, 0) is 16.1 Å². The molecule has 0 fully saturated rings. The number of benzene rings is 1. The monoisotopic (exact) mass is 296 g/mol. The molecule has 0 amide bonds. The summed E-state index contributed by atoms with van der Waals surface area (Å²) in [6.45, 7) is 8.08. The molecule has 1 atom stereocenters. The normalized spacial score (nSPS) is 12.1. The molecule has 0 aromatic heterocycles. The number of ether oxygens (including phenoxy) is 2. The van der Waals surface area contributed by atoms with Gasteiger partial charge in [-0.3, -0.25) is 10.1 Å². The van der Waals surface area contributed by atoms with Gasteiger partial charge in [0.1, 0.15) is 5.69 Å². The van der Waals surface area contributed by atoms with Gasteiger partial charge >= 0.3 is 0 Å². The predicted molar refractivity (Wildman–Crippen MR) is 82.6 cm³/mol. The minimum absolute atomic E-state index is 0.0399. The molecule has 0 saturated heterocycles. The lowest BCUT2D eigenvalue weighted by atomic mass is 10.1. The Morgan fingerprint density at radius 2 is 2.14 bits per heavy atom. The largest absolute Gasteiger partial charge is 0.380 e. The standard InChI is InChI=1S/C15H24N2O4/c1-4-8-16-14-7-6-13(9-15(14)17(18)19)11-21-12(3)10-20-5-2/h6-7,9,12,16H,4-5,8,10-11H2,1-3H3. The van der Waals surface area contributed by atoms with Gasteiger partial charge in [-0.05, 0) is 31.9 Å². The molecule has 0 saturated carbocycles. The first kappa shape index (κ1) is 17.4. The van der Waals surface area contributed by atoms with Crippen LogP contribution in [-0.4, -0.2) is 30.8 Å². The quantitative estimate of drug-likeness (QED) is 0.529. The molecule has 0 heterocycles. The van der Waals surface area contributed by atoms with Crippen molar-refractivity contribution in [3.8, 4) is 0 Å². The molecule has 1 rings (SSSR count). The molecule has 0 aliphatic heterocycles. The summed E-state index contributed by atoms with van der Waals surface area (Å²) in [5.74, 6) is 0. The molecule has 0 spiro atoms. The van der Waals surface area contributed by atoms with E-state index >= 15 is 0 Å². The van der Waals surface area contributed by atoms with E-state index < -0.39 is 0 Å². The van der Waals surface area contributed by atoms with Crippen molar-refractivity contribution in [2.24, 2.45) is 0 Å². The fraction of sp³-hybridized carbons (Fsp3) is 0.600. The molecule has 6 heteroatoms. The van der Waals surface area contributed by atoms with Crippen LogP contribution in [0.1, 0.15) is 32.8 Å². The molecule has 1 N–H and O–H groups in total. The third kappa shape index (κ3) is 6.10. The number of hydrogen-bond acceptors (Lipinski definition) is 5. The van der Waals surface area contributed by atoms with E-state index in [4.69, 9.17) is 9.47 Å². The molecule has 0 radical (unpaired) electrons. The Morgan fingerprint density at radius 3 is 2.76 bits per heavy atom. The van der Waals surface area contributed by atoms with E-state index in [0.717, 1.165) is 12.0 Å². The van der Waals surface area contributed by atoms with Gasteiger partial charge in [0, 0.05) is 19.2 Å². The van der Waals surface area contributed by atoms with Crippen molar-refractivity contribution < 1.29 is 14.4 Å². The minimum Gasteiger partial charge on any atom is -0.380 e. The highest BCUT2D eigenvalue weighted by Crippen LogP contribution is 2.26. The van der Waals surface area contributed by atoms with E-state index in [1.54, 1.807) is 12.1 Å². The van der Waals surface area contributed by atoms with Crippen molar-refractivity contribution in [1.82, 2.24) is 0 Å². The molecule has 1 aromatic carbocycles. The van der Waals surface area contributed by atoms with Gasteiger partial charge in [0.15, 0.2) is 0 Å². The Hall–Kier alpha value is -1.66. The molecule has 0 bridgehead atoms. The first-order chi connectivity index (χ1) is 10.1. The van der Waals surface area contributed by atoms with Crippen LogP contribution in [0.15, 0.2) is 18.2 Å². The molecule has 21 heavy (non-hydrogen) atoms. The zero-order valence-electron chi connectivity index (χ0n) is 12.9. The van der Waals surface area contributed by atoms with Crippen LogP contribution in [0.4, 0.5) is 11.4 Å². The predicted octanol–water partition coefficient (Wildman–Crippen LogP) is 3.36. The second-order valence-corrected chi connectivity index (χ2v) is 4.82. The van der Waals surface area contributed by atoms with Crippen molar-refractivity contribution in [3.63, 3.8) is 0 Å². The van der Waals surface area contributed by atoms with Crippen molar-refractivity contribution in [1.29, 1.82) is 0 Å².